The zero-order valence-corrected chi connectivity index (χ0v) is 14.5. The maximum Gasteiger partial charge on any atom is 0.220 e. The number of fused-ring (bicyclic) bond motifs is 2. The highest BCUT2D eigenvalue weighted by Gasteiger charge is 2.41. The van der Waals surface area contributed by atoms with Crippen molar-refractivity contribution in [3.8, 4) is 0 Å². The average molecular weight is 363 g/mol. The predicted octanol–water partition coefficient (Wildman–Crippen LogP) is 4.26. The molecule has 1 fully saturated rings. The van der Waals surface area contributed by atoms with E-state index in [4.69, 9.17) is 4.42 Å². The Balaban J connectivity index is 1.17. The Kier molecular flexibility index (Phi) is 3.70. The first-order valence-electron chi connectivity index (χ1n) is 9.05. The van der Waals surface area contributed by atoms with Gasteiger partial charge in [0.1, 0.15) is 23.0 Å². The summed E-state index contributed by atoms with van der Waals surface area (Å²) in [7, 11) is 0. The third-order valence-electron chi connectivity index (χ3n) is 5.12. The molecular weight excluding hydrogens is 345 g/mol. The van der Waals surface area contributed by atoms with Gasteiger partial charge in [0.05, 0.1) is 17.6 Å². The van der Waals surface area contributed by atoms with E-state index in [0.29, 0.717) is 41.5 Å². The van der Waals surface area contributed by atoms with Gasteiger partial charge in [-0.3, -0.25) is 4.79 Å². The number of aromatic nitrogens is 2. The molecule has 2 aromatic carbocycles. The first-order chi connectivity index (χ1) is 13.2. The van der Waals surface area contributed by atoms with Crippen LogP contribution in [-0.2, 0) is 11.3 Å². The van der Waals surface area contributed by atoms with Gasteiger partial charge in [-0.1, -0.05) is 12.1 Å². The van der Waals surface area contributed by atoms with E-state index >= 15 is 0 Å². The minimum Gasteiger partial charge on any atom is -0.459 e. The molecule has 0 bridgehead atoms. The molecule has 2 aromatic heterocycles. The molecule has 0 unspecified atom stereocenters. The quantitative estimate of drug-likeness (QED) is 0.557. The highest BCUT2D eigenvalue weighted by atomic mass is 19.1. The first kappa shape index (κ1) is 16.1. The van der Waals surface area contributed by atoms with Gasteiger partial charge in [0, 0.05) is 17.7 Å². The normalized spacial score (nSPS) is 18.9. The molecule has 1 aliphatic carbocycles. The number of benzene rings is 2. The summed E-state index contributed by atoms with van der Waals surface area (Å²) in [5.74, 6) is 1.91. The van der Waals surface area contributed by atoms with Crippen LogP contribution in [0.2, 0.25) is 0 Å². The molecule has 6 heteroatoms. The Morgan fingerprint density at radius 1 is 1.26 bits per heavy atom. The number of H-pyrrole nitrogens is 1. The second kappa shape index (κ2) is 6.23. The molecule has 4 aromatic rings. The molecule has 0 saturated heterocycles. The Labute approximate surface area is 154 Å². The summed E-state index contributed by atoms with van der Waals surface area (Å²) in [4.78, 5) is 20.2. The number of hydrogen-bond acceptors (Lipinski definition) is 3. The van der Waals surface area contributed by atoms with E-state index in [2.05, 4.69) is 15.3 Å². The predicted molar refractivity (Wildman–Crippen MR) is 99.6 cm³/mol. The number of imidazole rings is 1. The number of halogens is 1. The third kappa shape index (κ3) is 3.18. The van der Waals surface area contributed by atoms with Crippen molar-refractivity contribution >= 4 is 27.9 Å². The molecule has 1 aliphatic rings. The molecule has 5 nitrogen and oxygen atoms in total. The Bertz CT molecular complexity index is 1110. The summed E-state index contributed by atoms with van der Waals surface area (Å²) in [6, 6.07) is 14.1. The molecule has 0 aliphatic heterocycles. The van der Waals surface area contributed by atoms with Gasteiger partial charge in [0.2, 0.25) is 5.91 Å². The zero-order valence-electron chi connectivity index (χ0n) is 14.5. The highest BCUT2D eigenvalue weighted by molar-refractivity contribution is 5.79. The summed E-state index contributed by atoms with van der Waals surface area (Å²) in [5, 5.41) is 3.59. The number of nitrogens with zero attached hydrogens (tertiary/aromatic N) is 1. The monoisotopic (exact) mass is 363 g/mol. The second-order valence-electron chi connectivity index (χ2n) is 7.12. The van der Waals surface area contributed by atoms with Crippen molar-refractivity contribution in [1.29, 1.82) is 0 Å². The van der Waals surface area contributed by atoms with Crippen molar-refractivity contribution < 1.29 is 13.6 Å². The van der Waals surface area contributed by atoms with E-state index < -0.39 is 0 Å². The number of amides is 1. The molecule has 2 atom stereocenters. The molecule has 0 radical (unpaired) electrons. The lowest BCUT2D eigenvalue weighted by Gasteiger charge is -2.02. The van der Waals surface area contributed by atoms with Gasteiger partial charge in [-0.15, -0.1) is 0 Å². The summed E-state index contributed by atoms with van der Waals surface area (Å²) in [6.07, 6.45) is 1.44. The lowest BCUT2D eigenvalue weighted by atomic mass is 10.2. The van der Waals surface area contributed by atoms with Gasteiger partial charge in [-0.05, 0) is 48.7 Å². The van der Waals surface area contributed by atoms with E-state index in [-0.39, 0.29) is 11.7 Å². The van der Waals surface area contributed by atoms with Crippen molar-refractivity contribution in [1.82, 2.24) is 15.3 Å². The van der Waals surface area contributed by atoms with E-state index in [1.54, 1.807) is 12.1 Å². The number of hydrogen-bond donors (Lipinski definition) is 2. The summed E-state index contributed by atoms with van der Waals surface area (Å²) < 4.78 is 18.9. The topological polar surface area (TPSA) is 70.9 Å². The summed E-state index contributed by atoms with van der Waals surface area (Å²) in [6.45, 7) is 0.303. The number of carbonyl (C=O) groups excluding carboxylic acids is 1. The van der Waals surface area contributed by atoms with Crippen LogP contribution in [0.1, 0.15) is 30.3 Å². The lowest BCUT2D eigenvalue weighted by Crippen LogP contribution is -2.22. The van der Waals surface area contributed by atoms with Crippen molar-refractivity contribution in [3.63, 3.8) is 0 Å². The Morgan fingerprint density at radius 2 is 2.15 bits per heavy atom. The fraction of sp³-hybridized carbons (Fsp3) is 0.238. The molecule has 1 saturated carbocycles. The second-order valence-corrected chi connectivity index (χ2v) is 7.12. The van der Waals surface area contributed by atoms with Crippen LogP contribution < -0.4 is 5.32 Å². The van der Waals surface area contributed by atoms with Crippen molar-refractivity contribution in [2.75, 3.05) is 0 Å². The first-order valence-corrected chi connectivity index (χ1v) is 9.05. The van der Waals surface area contributed by atoms with Crippen LogP contribution in [0.25, 0.3) is 22.0 Å². The lowest BCUT2D eigenvalue weighted by molar-refractivity contribution is -0.121. The minimum absolute atomic E-state index is 0.00903. The van der Waals surface area contributed by atoms with E-state index in [0.717, 1.165) is 23.3 Å². The number of carbonyl (C=O) groups is 1. The fourth-order valence-electron chi connectivity index (χ4n) is 3.61. The van der Waals surface area contributed by atoms with E-state index in [1.807, 2.05) is 24.3 Å². The molecular formula is C21H18FN3O2. The number of para-hydroxylation sites is 2. The average Bonchev–Trinajstić information content (AvgIpc) is 3.11. The molecule has 5 rings (SSSR count). The van der Waals surface area contributed by atoms with Gasteiger partial charge in [0.25, 0.3) is 0 Å². The van der Waals surface area contributed by atoms with Gasteiger partial charge < -0.3 is 14.7 Å². The number of aromatic amines is 1. The van der Waals surface area contributed by atoms with Crippen LogP contribution in [-0.4, -0.2) is 15.9 Å². The van der Waals surface area contributed by atoms with Gasteiger partial charge in [-0.25, -0.2) is 9.37 Å². The number of rotatable bonds is 5. The molecule has 136 valence electrons. The van der Waals surface area contributed by atoms with Gasteiger partial charge in [-0.2, -0.15) is 0 Å². The van der Waals surface area contributed by atoms with Crippen LogP contribution in [0.3, 0.4) is 0 Å². The van der Waals surface area contributed by atoms with Crippen LogP contribution in [0.15, 0.2) is 52.9 Å². The Hall–Kier alpha value is -3.15. The van der Waals surface area contributed by atoms with Crippen LogP contribution in [0, 0.1) is 11.7 Å². The maximum absolute atomic E-state index is 13.2. The summed E-state index contributed by atoms with van der Waals surface area (Å²) in [5.41, 5.74) is 2.61. The smallest absolute Gasteiger partial charge is 0.220 e. The number of furan rings is 1. The van der Waals surface area contributed by atoms with Crippen molar-refractivity contribution in [2.45, 2.75) is 25.3 Å². The van der Waals surface area contributed by atoms with Crippen LogP contribution >= 0.6 is 0 Å². The standard InChI is InChI=1S/C21H18FN3O2/c22-14-5-6-19-13(7-14)8-15(27-19)11-23-20(26)10-12-9-16(12)21-24-17-3-1-2-4-18(17)25-21/h1-8,12,16H,9-11H2,(H,23,26)(H,24,25)/t12-,16-/m0/s1. The fourth-order valence-corrected chi connectivity index (χ4v) is 3.61. The van der Waals surface area contributed by atoms with Crippen molar-refractivity contribution in [2.24, 2.45) is 5.92 Å². The zero-order chi connectivity index (χ0) is 18.4. The molecule has 1 amide bonds. The van der Waals surface area contributed by atoms with Crippen molar-refractivity contribution in [3.05, 3.63) is 65.9 Å². The third-order valence-corrected chi connectivity index (χ3v) is 5.12. The molecule has 2 heterocycles. The minimum atomic E-state index is -0.302. The largest absolute Gasteiger partial charge is 0.459 e. The highest BCUT2D eigenvalue weighted by Crippen LogP contribution is 2.48. The Morgan fingerprint density at radius 3 is 3.04 bits per heavy atom. The van der Waals surface area contributed by atoms with Gasteiger partial charge in [0.15, 0.2) is 0 Å². The molecule has 0 spiro atoms. The molecule has 2 N–H and O–H groups in total. The van der Waals surface area contributed by atoms with E-state index in [9.17, 15) is 9.18 Å². The van der Waals surface area contributed by atoms with Gasteiger partial charge >= 0.3 is 0 Å². The summed E-state index contributed by atoms with van der Waals surface area (Å²) >= 11 is 0. The molecule has 27 heavy (non-hydrogen) atoms. The maximum atomic E-state index is 13.2. The van der Waals surface area contributed by atoms with Crippen LogP contribution in [0.5, 0.6) is 0 Å². The SMILES string of the molecule is O=C(C[C@@H]1C[C@@H]1c1nc2ccccc2[nH]1)NCc1cc2cc(F)ccc2o1. The van der Waals surface area contributed by atoms with E-state index in [1.165, 1.54) is 12.1 Å². The number of nitrogens with one attached hydrogen (secondary N) is 2. The van der Waals surface area contributed by atoms with Crippen LogP contribution in [0.4, 0.5) is 4.39 Å².